The molecule has 110 valence electrons. The second-order valence-electron chi connectivity index (χ2n) is 6.32. The summed E-state index contributed by atoms with van der Waals surface area (Å²) in [5, 5.41) is 5.15. The molecule has 0 unspecified atom stereocenters. The summed E-state index contributed by atoms with van der Waals surface area (Å²) in [5.41, 5.74) is -0.337. The van der Waals surface area contributed by atoms with Crippen molar-refractivity contribution in [2.75, 3.05) is 13.1 Å². The van der Waals surface area contributed by atoms with Gasteiger partial charge in [0.05, 0.1) is 6.04 Å². The summed E-state index contributed by atoms with van der Waals surface area (Å²) in [6, 6.07) is -0.664. The molecule has 2 N–H and O–H groups in total. The molecule has 0 aliphatic carbocycles. The second-order valence-corrected chi connectivity index (χ2v) is 6.32. The Morgan fingerprint density at radius 3 is 2.05 bits per heavy atom. The summed E-state index contributed by atoms with van der Waals surface area (Å²) < 4.78 is 0. The number of imide groups is 1. The van der Waals surface area contributed by atoms with Gasteiger partial charge in [0.1, 0.15) is 0 Å². The molecule has 0 aromatic rings. The van der Waals surface area contributed by atoms with E-state index in [0.717, 1.165) is 25.9 Å². The standard InChI is InChI=1S/C14H27N3O2/c1-11(17-9-7-5-6-8-10-17)12(18)15-13(19)16-14(2,3)4/h11H,5-10H2,1-4H3,(H2,15,16,18,19)/t11-/m0/s1. The van der Waals surface area contributed by atoms with Crippen LogP contribution in [0.25, 0.3) is 0 Å². The molecule has 0 aromatic carbocycles. The fourth-order valence-electron chi connectivity index (χ4n) is 2.24. The van der Waals surface area contributed by atoms with E-state index >= 15 is 0 Å². The number of hydrogen-bond acceptors (Lipinski definition) is 3. The highest BCUT2D eigenvalue weighted by Crippen LogP contribution is 2.12. The third-order valence-electron chi connectivity index (χ3n) is 3.29. The molecule has 0 radical (unpaired) electrons. The van der Waals surface area contributed by atoms with Gasteiger partial charge in [-0.3, -0.25) is 15.0 Å². The molecular formula is C14H27N3O2. The lowest BCUT2D eigenvalue weighted by Gasteiger charge is -2.27. The third kappa shape index (κ3) is 6.05. The van der Waals surface area contributed by atoms with E-state index in [1.165, 1.54) is 12.8 Å². The Bertz CT molecular complexity index is 315. The average Bonchev–Trinajstić information content (AvgIpc) is 2.53. The number of nitrogens with one attached hydrogen (secondary N) is 2. The van der Waals surface area contributed by atoms with E-state index in [0.29, 0.717) is 0 Å². The van der Waals surface area contributed by atoms with E-state index < -0.39 is 6.03 Å². The van der Waals surface area contributed by atoms with Crippen molar-refractivity contribution in [1.82, 2.24) is 15.5 Å². The number of likely N-dealkylation sites (tertiary alicyclic amines) is 1. The van der Waals surface area contributed by atoms with Gasteiger partial charge in [-0.25, -0.2) is 4.79 Å². The van der Waals surface area contributed by atoms with Crippen LogP contribution >= 0.6 is 0 Å². The van der Waals surface area contributed by atoms with Crippen LogP contribution in [0.15, 0.2) is 0 Å². The van der Waals surface area contributed by atoms with Crippen molar-refractivity contribution in [1.29, 1.82) is 0 Å². The van der Waals surface area contributed by atoms with E-state index in [9.17, 15) is 9.59 Å². The predicted molar refractivity (Wildman–Crippen MR) is 75.9 cm³/mol. The Morgan fingerprint density at radius 2 is 1.58 bits per heavy atom. The van der Waals surface area contributed by atoms with Crippen molar-refractivity contribution < 1.29 is 9.59 Å². The normalized spacial score (nSPS) is 19.4. The molecule has 1 aliphatic rings. The van der Waals surface area contributed by atoms with Crippen molar-refractivity contribution >= 4 is 11.9 Å². The second kappa shape index (κ2) is 6.89. The zero-order valence-electron chi connectivity index (χ0n) is 12.6. The van der Waals surface area contributed by atoms with Crippen molar-refractivity contribution in [3.8, 4) is 0 Å². The smallest absolute Gasteiger partial charge is 0.321 e. The lowest BCUT2D eigenvalue weighted by atomic mass is 10.1. The number of carbonyl (C=O) groups excluding carboxylic acids is 2. The highest BCUT2D eigenvalue weighted by Gasteiger charge is 2.24. The van der Waals surface area contributed by atoms with Gasteiger partial charge in [0, 0.05) is 5.54 Å². The summed E-state index contributed by atoms with van der Waals surface area (Å²) in [5.74, 6) is -0.219. The minimum atomic E-state index is -0.417. The highest BCUT2D eigenvalue weighted by molar-refractivity contribution is 5.97. The van der Waals surface area contributed by atoms with Crippen LogP contribution in [0.5, 0.6) is 0 Å². The number of rotatable bonds is 2. The molecule has 0 bridgehead atoms. The lowest BCUT2D eigenvalue weighted by molar-refractivity contribution is -0.124. The first kappa shape index (κ1) is 16.0. The van der Waals surface area contributed by atoms with E-state index in [4.69, 9.17) is 0 Å². The number of nitrogens with zero attached hydrogens (tertiary/aromatic N) is 1. The van der Waals surface area contributed by atoms with Gasteiger partial charge in [-0.15, -0.1) is 0 Å². The molecule has 0 saturated carbocycles. The van der Waals surface area contributed by atoms with Gasteiger partial charge in [-0.05, 0) is 53.6 Å². The zero-order valence-corrected chi connectivity index (χ0v) is 12.6. The van der Waals surface area contributed by atoms with Gasteiger partial charge in [0.25, 0.3) is 0 Å². The zero-order chi connectivity index (χ0) is 14.5. The van der Waals surface area contributed by atoms with Gasteiger partial charge in [-0.1, -0.05) is 12.8 Å². The first-order chi connectivity index (χ1) is 8.79. The molecule has 1 fully saturated rings. The molecular weight excluding hydrogens is 242 g/mol. The van der Waals surface area contributed by atoms with Crippen LogP contribution in [-0.4, -0.2) is 41.5 Å². The molecule has 19 heavy (non-hydrogen) atoms. The van der Waals surface area contributed by atoms with Crippen LogP contribution in [0.4, 0.5) is 4.79 Å². The largest absolute Gasteiger partial charge is 0.333 e. The monoisotopic (exact) mass is 269 g/mol. The SMILES string of the molecule is C[C@@H](C(=O)NC(=O)NC(C)(C)C)N1CCCCCC1. The predicted octanol–water partition coefficient (Wildman–Crippen LogP) is 1.88. The Hall–Kier alpha value is -1.10. The molecule has 5 heteroatoms. The highest BCUT2D eigenvalue weighted by atomic mass is 16.2. The first-order valence-corrected chi connectivity index (χ1v) is 7.16. The van der Waals surface area contributed by atoms with Crippen molar-refractivity contribution in [2.45, 2.75) is 65.0 Å². The topological polar surface area (TPSA) is 61.4 Å². The van der Waals surface area contributed by atoms with Gasteiger partial charge >= 0.3 is 6.03 Å². The molecule has 1 heterocycles. The minimum absolute atomic E-state index is 0.219. The lowest BCUT2D eigenvalue weighted by Crippen LogP contribution is -2.53. The molecule has 5 nitrogen and oxygen atoms in total. The Labute approximate surface area is 116 Å². The molecule has 1 atom stereocenters. The van der Waals surface area contributed by atoms with Crippen LogP contribution in [0.1, 0.15) is 53.4 Å². The number of hydrogen-bond donors (Lipinski definition) is 2. The van der Waals surface area contributed by atoms with Gasteiger partial charge in [0.2, 0.25) is 5.91 Å². The number of carbonyl (C=O) groups is 2. The summed E-state index contributed by atoms with van der Waals surface area (Å²) in [4.78, 5) is 25.9. The maximum Gasteiger partial charge on any atom is 0.321 e. The Balaban J connectivity index is 2.45. The van der Waals surface area contributed by atoms with Crippen LogP contribution in [0.3, 0.4) is 0 Å². The fourth-order valence-corrected chi connectivity index (χ4v) is 2.24. The fraction of sp³-hybridized carbons (Fsp3) is 0.857. The van der Waals surface area contributed by atoms with E-state index in [1.807, 2.05) is 27.7 Å². The molecule has 0 aromatic heterocycles. The Morgan fingerprint density at radius 1 is 1.05 bits per heavy atom. The molecule has 3 amide bonds. The van der Waals surface area contributed by atoms with Crippen LogP contribution in [0.2, 0.25) is 0 Å². The maximum atomic E-state index is 12.0. The van der Waals surface area contributed by atoms with Gasteiger partial charge in [-0.2, -0.15) is 0 Å². The third-order valence-corrected chi connectivity index (χ3v) is 3.29. The molecule has 1 saturated heterocycles. The maximum absolute atomic E-state index is 12.0. The number of amides is 3. The van der Waals surface area contributed by atoms with Crippen molar-refractivity contribution in [2.24, 2.45) is 0 Å². The Kier molecular flexibility index (Phi) is 5.79. The minimum Gasteiger partial charge on any atom is -0.333 e. The van der Waals surface area contributed by atoms with Crippen molar-refractivity contribution in [3.63, 3.8) is 0 Å². The molecule has 1 aliphatic heterocycles. The summed E-state index contributed by atoms with van der Waals surface area (Å²) >= 11 is 0. The van der Waals surface area contributed by atoms with E-state index in [-0.39, 0.29) is 17.5 Å². The number of urea groups is 1. The van der Waals surface area contributed by atoms with E-state index in [2.05, 4.69) is 15.5 Å². The van der Waals surface area contributed by atoms with Crippen LogP contribution < -0.4 is 10.6 Å². The molecule has 1 rings (SSSR count). The summed E-state index contributed by atoms with van der Waals surface area (Å²) in [6.07, 6.45) is 4.72. The van der Waals surface area contributed by atoms with E-state index in [1.54, 1.807) is 0 Å². The van der Waals surface area contributed by atoms with Gasteiger partial charge < -0.3 is 5.32 Å². The van der Waals surface area contributed by atoms with Crippen molar-refractivity contribution in [3.05, 3.63) is 0 Å². The first-order valence-electron chi connectivity index (χ1n) is 7.16. The summed E-state index contributed by atoms with van der Waals surface area (Å²) in [6.45, 7) is 9.40. The average molecular weight is 269 g/mol. The van der Waals surface area contributed by atoms with Gasteiger partial charge in [0.15, 0.2) is 0 Å². The van der Waals surface area contributed by atoms with Crippen LogP contribution in [0, 0.1) is 0 Å². The summed E-state index contributed by atoms with van der Waals surface area (Å²) in [7, 11) is 0. The molecule has 0 spiro atoms. The van der Waals surface area contributed by atoms with Crippen LogP contribution in [-0.2, 0) is 4.79 Å². The quantitative estimate of drug-likeness (QED) is 0.804.